The van der Waals surface area contributed by atoms with Crippen molar-refractivity contribution in [3.05, 3.63) is 0 Å². The Morgan fingerprint density at radius 3 is 2.50 bits per heavy atom. The predicted molar refractivity (Wildman–Crippen MR) is 69.6 cm³/mol. The lowest BCUT2D eigenvalue weighted by Crippen LogP contribution is -2.42. The van der Waals surface area contributed by atoms with Crippen molar-refractivity contribution in [2.75, 3.05) is 19.4 Å². The summed E-state index contributed by atoms with van der Waals surface area (Å²) in [5.74, 6) is -0.365. The number of methoxy groups -OCH3 is 1. The number of carbonyl (C=O) groups excluding carboxylic acids is 1. The van der Waals surface area contributed by atoms with Gasteiger partial charge in [-0.3, -0.25) is 4.79 Å². The summed E-state index contributed by atoms with van der Waals surface area (Å²) in [7, 11) is -2.07. The smallest absolute Gasteiger partial charge is 0.324 e. The highest BCUT2D eigenvalue weighted by molar-refractivity contribution is 7.89. The molecule has 1 fully saturated rings. The molecule has 0 aromatic heterocycles. The van der Waals surface area contributed by atoms with Gasteiger partial charge in [0.2, 0.25) is 10.0 Å². The number of esters is 1. The molecule has 106 valence electrons. The van der Waals surface area contributed by atoms with Gasteiger partial charge in [-0.15, -0.1) is 0 Å². The molecule has 0 aromatic rings. The molecule has 0 saturated carbocycles. The fourth-order valence-electron chi connectivity index (χ4n) is 2.00. The predicted octanol–water partition coefficient (Wildman–Crippen LogP) is 1.39. The second-order valence-corrected chi connectivity index (χ2v) is 7.96. The second-order valence-electron chi connectivity index (χ2n) is 5.92. The molecule has 0 bridgehead atoms. The third kappa shape index (κ3) is 3.95. The van der Waals surface area contributed by atoms with Crippen LogP contribution >= 0.6 is 0 Å². The van der Waals surface area contributed by atoms with Gasteiger partial charge < -0.3 is 4.74 Å². The number of hydrogen-bond donors (Lipinski definition) is 0. The van der Waals surface area contributed by atoms with Gasteiger partial charge in [-0.2, -0.15) is 4.31 Å². The molecule has 1 aliphatic heterocycles. The summed E-state index contributed by atoms with van der Waals surface area (Å²) in [5, 5.41) is 0. The zero-order valence-corrected chi connectivity index (χ0v) is 12.4. The van der Waals surface area contributed by atoms with E-state index in [1.54, 1.807) is 0 Å². The summed E-state index contributed by atoms with van der Waals surface area (Å²) < 4.78 is 30.4. The first kappa shape index (κ1) is 15.4. The number of sulfonamides is 1. The fourth-order valence-corrected chi connectivity index (χ4v) is 4.09. The number of ether oxygens (including phenoxy) is 1. The summed E-state index contributed by atoms with van der Waals surface area (Å²) in [6, 6.07) is -0.625. The lowest BCUT2D eigenvalue weighted by atomic mass is 9.94. The minimum absolute atomic E-state index is 0.0342. The van der Waals surface area contributed by atoms with E-state index in [1.807, 2.05) is 20.8 Å². The van der Waals surface area contributed by atoms with Crippen molar-refractivity contribution in [1.82, 2.24) is 4.31 Å². The summed E-state index contributed by atoms with van der Waals surface area (Å²) in [6.45, 7) is 6.44. The van der Waals surface area contributed by atoms with Crippen LogP contribution in [0.1, 0.15) is 40.0 Å². The zero-order valence-electron chi connectivity index (χ0n) is 11.6. The van der Waals surface area contributed by atoms with Crippen molar-refractivity contribution in [2.45, 2.75) is 46.1 Å². The van der Waals surface area contributed by atoms with Crippen LogP contribution in [-0.2, 0) is 19.6 Å². The second kappa shape index (κ2) is 5.57. The van der Waals surface area contributed by atoms with Crippen LogP contribution in [0.2, 0.25) is 0 Å². The Bertz CT molecular complexity index is 397. The minimum Gasteiger partial charge on any atom is -0.468 e. The molecule has 1 heterocycles. The van der Waals surface area contributed by atoms with Gasteiger partial charge in [0.1, 0.15) is 6.04 Å². The monoisotopic (exact) mass is 277 g/mol. The van der Waals surface area contributed by atoms with Crippen molar-refractivity contribution >= 4 is 16.0 Å². The fraction of sp³-hybridized carbons (Fsp3) is 0.917. The lowest BCUT2D eigenvalue weighted by molar-refractivity contribution is -0.144. The largest absolute Gasteiger partial charge is 0.468 e. The highest BCUT2D eigenvalue weighted by atomic mass is 32.2. The Labute approximate surface area is 110 Å². The third-order valence-electron chi connectivity index (χ3n) is 3.14. The van der Waals surface area contributed by atoms with Crippen molar-refractivity contribution < 1.29 is 17.9 Å². The Hall–Kier alpha value is -0.620. The van der Waals surface area contributed by atoms with E-state index in [9.17, 15) is 13.2 Å². The van der Waals surface area contributed by atoms with E-state index in [4.69, 9.17) is 0 Å². The van der Waals surface area contributed by atoms with Gasteiger partial charge >= 0.3 is 5.97 Å². The molecule has 0 amide bonds. The first-order valence-electron chi connectivity index (χ1n) is 6.25. The van der Waals surface area contributed by atoms with Crippen LogP contribution in [0.25, 0.3) is 0 Å². The van der Waals surface area contributed by atoms with Gasteiger partial charge in [0.25, 0.3) is 0 Å². The summed E-state index contributed by atoms with van der Waals surface area (Å²) in [4.78, 5) is 11.5. The van der Waals surface area contributed by atoms with Crippen LogP contribution in [0.3, 0.4) is 0 Å². The van der Waals surface area contributed by atoms with E-state index >= 15 is 0 Å². The van der Waals surface area contributed by atoms with E-state index < -0.39 is 22.0 Å². The average molecular weight is 277 g/mol. The topological polar surface area (TPSA) is 63.7 Å². The van der Waals surface area contributed by atoms with Gasteiger partial charge in [-0.1, -0.05) is 20.8 Å². The van der Waals surface area contributed by atoms with Crippen molar-refractivity contribution in [3.8, 4) is 0 Å². The molecule has 0 aromatic carbocycles. The van der Waals surface area contributed by atoms with E-state index in [0.717, 1.165) is 0 Å². The molecule has 1 rings (SSSR count). The number of carbonyl (C=O) groups is 1. The third-order valence-corrected chi connectivity index (χ3v) is 5.02. The molecule has 0 spiro atoms. The van der Waals surface area contributed by atoms with Crippen LogP contribution in [-0.4, -0.2) is 44.1 Å². The molecule has 0 aliphatic carbocycles. The zero-order chi connectivity index (χ0) is 14.0. The normalized spacial score (nSPS) is 22.1. The highest BCUT2D eigenvalue weighted by Gasteiger charge is 2.39. The van der Waals surface area contributed by atoms with Crippen molar-refractivity contribution in [3.63, 3.8) is 0 Å². The Balaban J connectivity index is 2.75. The number of nitrogens with zero attached hydrogens (tertiary/aromatic N) is 1. The first-order chi connectivity index (χ1) is 8.17. The molecule has 5 nitrogen and oxygen atoms in total. The molecule has 0 N–H and O–H groups in total. The molecule has 1 aliphatic rings. The Morgan fingerprint density at radius 1 is 1.39 bits per heavy atom. The van der Waals surface area contributed by atoms with E-state index in [0.29, 0.717) is 25.8 Å². The molecule has 0 radical (unpaired) electrons. The van der Waals surface area contributed by atoms with Crippen LogP contribution in [0.5, 0.6) is 0 Å². The minimum atomic E-state index is -3.36. The average Bonchev–Trinajstić information content (AvgIpc) is 2.74. The SMILES string of the molecule is COC(=O)C1CCCN1S(=O)(=O)CCC(C)(C)C. The number of rotatable bonds is 4. The summed E-state index contributed by atoms with van der Waals surface area (Å²) in [6.07, 6.45) is 1.86. The van der Waals surface area contributed by atoms with Gasteiger partial charge in [0, 0.05) is 6.54 Å². The van der Waals surface area contributed by atoms with Gasteiger partial charge in [-0.25, -0.2) is 8.42 Å². The quantitative estimate of drug-likeness (QED) is 0.728. The number of hydrogen-bond acceptors (Lipinski definition) is 4. The van der Waals surface area contributed by atoms with E-state index in [1.165, 1.54) is 11.4 Å². The maximum atomic E-state index is 12.2. The molecular weight excluding hydrogens is 254 g/mol. The van der Waals surface area contributed by atoms with Gasteiger partial charge in [-0.05, 0) is 24.7 Å². The van der Waals surface area contributed by atoms with Gasteiger partial charge in [0.05, 0.1) is 12.9 Å². The lowest BCUT2D eigenvalue weighted by Gasteiger charge is -2.24. The van der Waals surface area contributed by atoms with Crippen LogP contribution in [0.4, 0.5) is 0 Å². The van der Waals surface area contributed by atoms with Crippen LogP contribution in [0.15, 0.2) is 0 Å². The highest BCUT2D eigenvalue weighted by Crippen LogP contribution is 2.25. The van der Waals surface area contributed by atoms with Crippen LogP contribution < -0.4 is 0 Å². The molecule has 1 saturated heterocycles. The van der Waals surface area contributed by atoms with E-state index in [-0.39, 0.29) is 11.2 Å². The van der Waals surface area contributed by atoms with E-state index in [2.05, 4.69) is 4.74 Å². The maximum absolute atomic E-state index is 12.2. The first-order valence-corrected chi connectivity index (χ1v) is 7.86. The van der Waals surface area contributed by atoms with Gasteiger partial charge in [0.15, 0.2) is 0 Å². The van der Waals surface area contributed by atoms with Crippen molar-refractivity contribution in [2.24, 2.45) is 5.41 Å². The maximum Gasteiger partial charge on any atom is 0.324 e. The van der Waals surface area contributed by atoms with Crippen molar-refractivity contribution in [1.29, 1.82) is 0 Å². The standard InChI is InChI=1S/C12H23NO4S/c1-12(2,3)7-9-18(15,16)13-8-5-6-10(13)11(14)17-4/h10H,5-9H2,1-4H3. The molecule has 6 heteroatoms. The van der Waals surface area contributed by atoms with Crippen LogP contribution in [0, 0.1) is 5.41 Å². The summed E-state index contributed by atoms with van der Waals surface area (Å²) in [5.41, 5.74) is -0.0342. The molecule has 18 heavy (non-hydrogen) atoms. The Kier molecular flexibility index (Phi) is 4.78. The molecular formula is C12H23NO4S. The Morgan fingerprint density at radius 2 is 2.00 bits per heavy atom. The molecule has 1 atom stereocenters. The summed E-state index contributed by atoms with van der Waals surface area (Å²) >= 11 is 0. The molecule has 1 unspecified atom stereocenters.